The second-order valence-corrected chi connectivity index (χ2v) is 5.72. The molecule has 2 N–H and O–H groups in total. The van der Waals surface area contributed by atoms with Crippen LogP contribution in [0.25, 0.3) is 0 Å². The first-order valence-corrected chi connectivity index (χ1v) is 7.16. The molecule has 100 valence electrons. The summed E-state index contributed by atoms with van der Waals surface area (Å²) < 4.78 is 1.09. The first-order valence-electron chi connectivity index (χ1n) is 6.37. The van der Waals surface area contributed by atoms with Crippen molar-refractivity contribution in [3.63, 3.8) is 0 Å². The maximum Gasteiger partial charge on any atom is 0.133 e. The predicted molar refractivity (Wildman–Crippen MR) is 81.1 cm³/mol. The molecule has 0 saturated heterocycles. The molecule has 4 heteroatoms. The number of halogens is 1. The highest BCUT2D eigenvalue weighted by atomic mass is 79.9. The van der Waals surface area contributed by atoms with Crippen LogP contribution in [0.15, 0.2) is 34.8 Å². The molecule has 1 atom stereocenters. The van der Waals surface area contributed by atoms with Crippen LogP contribution in [0, 0.1) is 6.92 Å². The number of rotatable bonds is 4. The molecule has 0 aliphatic heterocycles. The van der Waals surface area contributed by atoms with E-state index < -0.39 is 0 Å². The van der Waals surface area contributed by atoms with Gasteiger partial charge in [0.2, 0.25) is 0 Å². The van der Waals surface area contributed by atoms with Crippen LogP contribution in [-0.2, 0) is 12.8 Å². The first-order chi connectivity index (χ1) is 9.04. The van der Waals surface area contributed by atoms with Crippen LogP contribution in [0.4, 0.5) is 0 Å². The van der Waals surface area contributed by atoms with Gasteiger partial charge in [-0.2, -0.15) is 0 Å². The van der Waals surface area contributed by atoms with E-state index in [4.69, 9.17) is 5.73 Å². The largest absolute Gasteiger partial charge is 0.328 e. The second-order valence-electron chi connectivity index (χ2n) is 4.87. The quantitative estimate of drug-likeness (QED) is 0.942. The second kappa shape index (κ2) is 6.26. The summed E-state index contributed by atoms with van der Waals surface area (Å²) in [4.78, 5) is 9.10. The van der Waals surface area contributed by atoms with Gasteiger partial charge in [-0.1, -0.05) is 34.1 Å². The van der Waals surface area contributed by atoms with Gasteiger partial charge >= 0.3 is 0 Å². The van der Waals surface area contributed by atoms with Crippen LogP contribution in [0.5, 0.6) is 0 Å². The minimum absolute atomic E-state index is 0.116. The lowest BCUT2D eigenvalue weighted by Crippen LogP contribution is -2.19. The highest BCUT2D eigenvalue weighted by Gasteiger charge is 2.07. The zero-order valence-electron chi connectivity index (χ0n) is 11.2. The van der Waals surface area contributed by atoms with Crippen LogP contribution in [0.2, 0.25) is 0 Å². The smallest absolute Gasteiger partial charge is 0.133 e. The standard InChI is InChI=1S/C15H18BrN3/c1-10(17)7-13-8-11(2)18-15(19-13)9-12-5-3-4-6-14(12)16/h3-6,8,10H,7,9,17H2,1-2H3. The Kier molecular flexibility index (Phi) is 4.66. The van der Waals surface area contributed by atoms with E-state index >= 15 is 0 Å². The minimum atomic E-state index is 0.116. The molecule has 0 saturated carbocycles. The fourth-order valence-electron chi connectivity index (χ4n) is 2.03. The van der Waals surface area contributed by atoms with E-state index in [1.165, 1.54) is 5.56 Å². The van der Waals surface area contributed by atoms with Gasteiger partial charge in [0.05, 0.1) is 0 Å². The van der Waals surface area contributed by atoms with E-state index in [2.05, 4.69) is 32.0 Å². The zero-order valence-corrected chi connectivity index (χ0v) is 12.8. The molecule has 3 nitrogen and oxygen atoms in total. The van der Waals surface area contributed by atoms with Crippen molar-refractivity contribution in [3.8, 4) is 0 Å². The Balaban J connectivity index is 2.25. The topological polar surface area (TPSA) is 51.8 Å². The van der Waals surface area contributed by atoms with E-state index in [0.717, 1.165) is 34.5 Å². The maximum atomic E-state index is 5.83. The van der Waals surface area contributed by atoms with Crippen molar-refractivity contribution in [1.82, 2.24) is 9.97 Å². The SMILES string of the molecule is Cc1cc(CC(C)N)nc(Cc2ccccc2Br)n1. The van der Waals surface area contributed by atoms with Crippen molar-refractivity contribution in [2.75, 3.05) is 0 Å². The molecule has 19 heavy (non-hydrogen) atoms. The normalized spacial score (nSPS) is 12.4. The molecule has 0 radical (unpaired) electrons. The van der Waals surface area contributed by atoms with Gasteiger partial charge < -0.3 is 5.73 Å². The monoisotopic (exact) mass is 319 g/mol. The molecule has 2 rings (SSSR count). The Morgan fingerprint density at radius 2 is 2.00 bits per heavy atom. The fourth-order valence-corrected chi connectivity index (χ4v) is 2.45. The summed E-state index contributed by atoms with van der Waals surface area (Å²) in [6, 6.07) is 10.3. The molecule has 0 aliphatic rings. The summed E-state index contributed by atoms with van der Waals surface area (Å²) in [5.41, 5.74) is 9.04. The molecule has 0 amide bonds. The zero-order chi connectivity index (χ0) is 13.8. The van der Waals surface area contributed by atoms with Gasteiger partial charge in [-0.25, -0.2) is 9.97 Å². The summed E-state index contributed by atoms with van der Waals surface area (Å²) >= 11 is 3.56. The van der Waals surface area contributed by atoms with Gasteiger partial charge in [0.15, 0.2) is 0 Å². The van der Waals surface area contributed by atoms with Crippen molar-refractivity contribution in [2.24, 2.45) is 5.73 Å². The van der Waals surface area contributed by atoms with E-state index in [0.29, 0.717) is 0 Å². The summed E-state index contributed by atoms with van der Waals surface area (Å²) in [5, 5.41) is 0. The van der Waals surface area contributed by atoms with Gasteiger partial charge in [0, 0.05) is 34.7 Å². The number of nitrogens with zero attached hydrogens (tertiary/aromatic N) is 2. The average molecular weight is 320 g/mol. The molecule has 1 aromatic heterocycles. The van der Waals surface area contributed by atoms with Crippen LogP contribution < -0.4 is 5.73 Å². The van der Waals surface area contributed by atoms with Crippen LogP contribution in [0.3, 0.4) is 0 Å². The molecule has 2 aromatic rings. The fraction of sp³-hybridized carbons (Fsp3) is 0.333. The molecule has 0 bridgehead atoms. The summed E-state index contributed by atoms with van der Waals surface area (Å²) in [5.74, 6) is 0.850. The lowest BCUT2D eigenvalue weighted by molar-refractivity contribution is 0.711. The number of aryl methyl sites for hydroxylation is 1. The van der Waals surface area contributed by atoms with E-state index in [-0.39, 0.29) is 6.04 Å². The van der Waals surface area contributed by atoms with Crippen molar-refractivity contribution in [1.29, 1.82) is 0 Å². The Morgan fingerprint density at radius 1 is 1.26 bits per heavy atom. The molecule has 1 heterocycles. The maximum absolute atomic E-state index is 5.83. The highest BCUT2D eigenvalue weighted by Crippen LogP contribution is 2.18. The molecule has 0 fully saturated rings. The molecule has 0 spiro atoms. The third kappa shape index (κ3) is 4.11. The lowest BCUT2D eigenvalue weighted by Gasteiger charge is -2.09. The summed E-state index contributed by atoms with van der Waals surface area (Å²) in [6.07, 6.45) is 1.52. The number of hydrogen-bond donors (Lipinski definition) is 1. The summed E-state index contributed by atoms with van der Waals surface area (Å²) in [6.45, 7) is 3.99. The molecule has 0 aliphatic carbocycles. The van der Waals surface area contributed by atoms with Crippen molar-refractivity contribution in [2.45, 2.75) is 32.7 Å². The molecular formula is C15H18BrN3. The Hall–Kier alpha value is -1.26. The van der Waals surface area contributed by atoms with Crippen LogP contribution >= 0.6 is 15.9 Å². The molecule has 1 aromatic carbocycles. The van der Waals surface area contributed by atoms with Gasteiger partial charge in [-0.15, -0.1) is 0 Å². The highest BCUT2D eigenvalue weighted by molar-refractivity contribution is 9.10. The number of benzene rings is 1. The van der Waals surface area contributed by atoms with Gasteiger partial charge in [0.25, 0.3) is 0 Å². The van der Waals surface area contributed by atoms with Crippen molar-refractivity contribution < 1.29 is 0 Å². The first kappa shape index (κ1) is 14.2. The molecule has 1 unspecified atom stereocenters. The van der Waals surface area contributed by atoms with Gasteiger partial charge in [0.1, 0.15) is 5.82 Å². The lowest BCUT2D eigenvalue weighted by atomic mass is 10.1. The van der Waals surface area contributed by atoms with Crippen molar-refractivity contribution >= 4 is 15.9 Å². The van der Waals surface area contributed by atoms with Crippen molar-refractivity contribution in [3.05, 3.63) is 57.6 Å². The predicted octanol–water partition coefficient (Wildman–Crippen LogP) is 3.03. The van der Waals surface area contributed by atoms with E-state index in [1.807, 2.05) is 38.1 Å². The average Bonchev–Trinajstić information content (AvgIpc) is 2.30. The Morgan fingerprint density at radius 3 is 2.68 bits per heavy atom. The third-order valence-electron chi connectivity index (χ3n) is 2.79. The van der Waals surface area contributed by atoms with E-state index in [1.54, 1.807) is 0 Å². The van der Waals surface area contributed by atoms with Gasteiger partial charge in [-0.05, 0) is 31.5 Å². The third-order valence-corrected chi connectivity index (χ3v) is 3.56. The molecular weight excluding hydrogens is 302 g/mol. The number of nitrogens with two attached hydrogens (primary N) is 1. The Bertz CT molecular complexity index is 567. The van der Waals surface area contributed by atoms with Crippen LogP contribution in [-0.4, -0.2) is 16.0 Å². The minimum Gasteiger partial charge on any atom is -0.328 e. The summed E-state index contributed by atoms with van der Waals surface area (Å²) in [7, 11) is 0. The number of aromatic nitrogens is 2. The van der Waals surface area contributed by atoms with Crippen LogP contribution in [0.1, 0.15) is 29.7 Å². The van der Waals surface area contributed by atoms with E-state index in [9.17, 15) is 0 Å². The number of hydrogen-bond acceptors (Lipinski definition) is 3. The van der Waals surface area contributed by atoms with Gasteiger partial charge in [-0.3, -0.25) is 0 Å². The Labute approximate surface area is 122 Å².